The highest BCUT2D eigenvalue weighted by Gasteiger charge is 2.45. The standard InChI is InChI=1S/C14H18N2O/c1-4-16-14(10-15)9-13(2,3)17-12-8-6-5-7-11(12)14/h5-8,16H,4,9H2,1-3H3. The lowest BCUT2D eigenvalue weighted by Crippen LogP contribution is -2.51. The van der Waals surface area contributed by atoms with Crippen LogP contribution in [0.3, 0.4) is 0 Å². The second-order valence-electron chi connectivity index (χ2n) is 5.08. The van der Waals surface area contributed by atoms with Gasteiger partial charge >= 0.3 is 0 Å². The van der Waals surface area contributed by atoms with Gasteiger partial charge in [0.1, 0.15) is 16.9 Å². The maximum absolute atomic E-state index is 9.58. The van der Waals surface area contributed by atoms with Crippen LogP contribution in [0.5, 0.6) is 5.75 Å². The van der Waals surface area contributed by atoms with Gasteiger partial charge in [-0.25, -0.2) is 0 Å². The van der Waals surface area contributed by atoms with Crippen molar-refractivity contribution in [1.29, 1.82) is 5.26 Å². The van der Waals surface area contributed by atoms with Crippen LogP contribution in [-0.2, 0) is 5.54 Å². The van der Waals surface area contributed by atoms with E-state index in [0.717, 1.165) is 17.9 Å². The third-order valence-electron chi connectivity index (χ3n) is 3.09. The van der Waals surface area contributed by atoms with Crippen molar-refractivity contribution in [2.24, 2.45) is 0 Å². The molecule has 1 unspecified atom stereocenters. The van der Waals surface area contributed by atoms with Crippen molar-refractivity contribution < 1.29 is 4.74 Å². The highest BCUT2D eigenvalue weighted by atomic mass is 16.5. The Morgan fingerprint density at radius 3 is 2.76 bits per heavy atom. The lowest BCUT2D eigenvalue weighted by atomic mass is 9.78. The van der Waals surface area contributed by atoms with Crippen LogP contribution in [-0.4, -0.2) is 12.1 Å². The SMILES string of the molecule is CCNC1(C#N)CC(C)(C)Oc2ccccc21. The molecule has 1 atom stereocenters. The Kier molecular flexibility index (Phi) is 2.84. The molecule has 0 amide bonds. The normalized spacial score (nSPS) is 25.5. The van der Waals surface area contributed by atoms with Crippen LogP contribution in [0.25, 0.3) is 0 Å². The van der Waals surface area contributed by atoms with Gasteiger partial charge in [-0.05, 0) is 26.5 Å². The highest BCUT2D eigenvalue weighted by molar-refractivity contribution is 5.46. The smallest absolute Gasteiger partial charge is 0.139 e. The van der Waals surface area contributed by atoms with Crippen molar-refractivity contribution in [3.05, 3.63) is 29.8 Å². The van der Waals surface area contributed by atoms with Crippen LogP contribution in [0.1, 0.15) is 32.8 Å². The number of para-hydroxylation sites is 1. The summed E-state index contributed by atoms with van der Waals surface area (Å²) in [5.41, 5.74) is -0.0111. The Morgan fingerprint density at radius 1 is 1.41 bits per heavy atom. The first-order valence-electron chi connectivity index (χ1n) is 5.98. The Labute approximate surface area is 102 Å². The van der Waals surface area contributed by atoms with E-state index in [9.17, 15) is 5.26 Å². The fourth-order valence-electron chi connectivity index (χ4n) is 2.57. The average Bonchev–Trinajstić information content (AvgIpc) is 2.28. The summed E-state index contributed by atoms with van der Waals surface area (Å²) in [4.78, 5) is 0. The van der Waals surface area contributed by atoms with Gasteiger partial charge in [-0.1, -0.05) is 25.1 Å². The van der Waals surface area contributed by atoms with Crippen molar-refractivity contribution in [2.75, 3.05) is 6.54 Å². The number of ether oxygens (including phenoxy) is 1. The Hall–Kier alpha value is -1.53. The molecule has 0 bridgehead atoms. The van der Waals surface area contributed by atoms with E-state index in [0.29, 0.717) is 6.42 Å². The molecule has 1 heterocycles. The summed E-state index contributed by atoms with van der Waals surface area (Å²) >= 11 is 0. The summed E-state index contributed by atoms with van der Waals surface area (Å²) < 4.78 is 5.93. The van der Waals surface area contributed by atoms with Gasteiger partial charge in [-0.15, -0.1) is 0 Å². The fraction of sp³-hybridized carbons (Fsp3) is 0.500. The van der Waals surface area contributed by atoms with Crippen LogP contribution >= 0.6 is 0 Å². The number of rotatable bonds is 2. The van der Waals surface area contributed by atoms with E-state index in [2.05, 4.69) is 11.4 Å². The van der Waals surface area contributed by atoms with Gasteiger partial charge in [0, 0.05) is 12.0 Å². The summed E-state index contributed by atoms with van der Waals surface area (Å²) in [6.45, 7) is 6.82. The third kappa shape index (κ3) is 2.01. The van der Waals surface area contributed by atoms with E-state index in [1.54, 1.807) is 0 Å². The molecule has 3 nitrogen and oxygen atoms in total. The molecule has 90 valence electrons. The monoisotopic (exact) mass is 230 g/mol. The summed E-state index contributed by atoms with van der Waals surface area (Å²) in [5, 5.41) is 12.9. The predicted octanol–water partition coefficient (Wildman–Crippen LogP) is 2.58. The van der Waals surface area contributed by atoms with Crippen molar-refractivity contribution >= 4 is 0 Å². The van der Waals surface area contributed by atoms with Crippen molar-refractivity contribution in [3.63, 3.8) is 0 Å². The molecule has 0 saturated heterocycles. The van der Waals surface area contributed by atoms with E-state index in [1.807, 2.05) is 45.0 Å². The van der Waals surface area contributed by atoms with Gasteiger partial charge in [0.05, 0.1) is 6.07 Å². The molecule has 0 spiro atoms. The predicted molar refractivity (Wildman–Crippen MR) is 66.7 cm³/mol. The fourth-order valence-corrected chi connectivity index (χ4v) is 2.57. The van der Waals surface area contributed by atoms with Crippen LogP contribution in [0, 0.1) is 11.3 Å². The number of hydrogen-bond acceptors (Lipinski definition) is 3. The Bertz CT molecular complexity index is 462. The first-order chi connectivity index (χ1) is 8.03. The maximum Gasteiger partial charge on any atom is 0.139 e. The summed E-state index contributed by atoms with van der Waals surface area (Å²) in [6.07, 6.45) is 0.654. The first kappa shape index (κ1) is 11.9. The number of fused-ring (bicyclic) bond motifs is 1. The molecule has 1 aromatic rings. The van der Waals surface area contributed by atoms with Crippen LogP contribution in [0.4, 0.5) is 0 Å². The second kappa shape index (κ2) is 4.05. The zero-order valence-corrected chi connectivity index (χ0v) is 10.6. The van der Waals surface area contributed by atoms with Crippen LogP contribution in [0.2, 0.25) is 0 Å². The quantitative estimate of drug-likeness (QED) is 0.849. The maximum atomic E-state index is 9.58. The van der Waals surface area contributed by atoms with Gasteiger partial charge in [0.15, 0.2) is 0 Å². The zero-order valence-electron chi connectivity index (χ0n) is 10.6. The third-order valence-corrected chi connectivity index (χ3v) is 3.09. The molecule has 0 radical (unpaired) electrons. The number of nitrogens with one attached hydrogen (secondary N) is 1. The van der Waals surface area contributed by atoms with Gasteiger partial charge in [-0.2, -0.15) is 5.26 Å². The number of hydrogen-bond donors (Lipinski definition) is 1. The number of benzene rings is 1. The molecule has 3 heteroatoms. The molecule has 1 aliphatic rings. The molecule has 1 N–H and O–H groups in total. The van der Waals surface area contributed by atoms with Crippen LogP contribution in [0.15, 0.2) is 24.3 Å². The first-order valence-corrected chi connectivity index (χ1v) is 5.98. The van der Waals surface area contributed by atoms with E-state index >= 15 is 0 Å². The summed E-state index contributed by atoms with van der Waals surface area (Å²) in [6, 6.07) is 10.2. The lowest BCUT2D eigenvalue weighted by molar-refractivity contribution is 0.0496. The molecule has 0 fully saturated rings. The molecular formula is C14H18N2O. The molecule has 2 rings (SSSR count). The highest BCUT2D eigenvalue weighted by Crippen LogP contribution is 2.42. The Morgan fingerprint density at radius 2 is 2.12 bits per heavy atom. The van der Waals surface area contributed by atoms with Gasteiger partial charge in [0.2, 0.25) is 0 Å². The molecule has 0 aliphatic carbocycles. The Balaban J connectivity index is 2.56. The molecule has 1 aromatic carbocycles. The molecular weight excluding hydrogens is 212 g/mol. The molecule has 1 aliphatic heterocycles. The van der Waals surface area contributed by atoms with Crippen molar-refractivity contribution in [1.82, 2.24) is 5.32 Å². The largest absolute Gasteiger partial charge is 0.487 e. The summed E-state index contributed by atoms with van der Waals surface area (Å²) in [5.74, 6) is 0.811. The van der Waals surface area contributed by atoms with E-state index in [-0.39, 0.29) is 5.60 Å². The topological polar surface area (TPSA) is 45.0 Å². The molecule has 0 saturated carbocycles. The van der Waals surface area contributed by atoms with E-state index in [1.165, 1.54) is 0 Å². The van der Waals surface area contributed by atoms with Gasteiger partial charge in [0.25, 0.3) is 0 Å². The van der Waals surface area contributed by atoms with E-state index < -0.39 is 5.54 Å². The van der Waals surface area contributed by atoms with E-state index in [4.69, 9.17) is 4.74 Å². The van der Waals surface area contributed by atoms with Gasteiger partial charge < -0.3 is 4.74 Å². The minimum atomic E-state index is -0.632. The number of nitriles is 1. The number of nitrogens with zero attached hydrogens (tertiary/aromatic N) is 1. The second-order valence-corrected chi connectivity index (χ2v) is 5.08. The molecule has 17 heavy (non-hydrogen) atoms. The van der Waals surface area contributed by atoms with Gasteiger partial charge in [-0.3, -0.25) is 5.32 Å². The minimum Gasteiger partial charge on any atom is -0.487 e. The lowest BCUT2D eigenvalue weighted by Gasteiger charge is -2.42. The summed E-state index contributed by atoms with van der Waals surface area (Å²) in [7, 11) is 0. The van der Waals surface area contributed by atoms with Crippen molar-refractivity contribution in [2.45, 2.75) is 38.3 Å². The average molecular weight is 230 g/mol. The zero-order chi connectivity index (χ0) is 12.5. The minimum absolute atomic E-state index is 0.327. The molecule has 0 aromatic heterocycles. The van der Waals surface area contributed by atoms with Crippen LogP contribution < -0.4 is 10.1 Å². The van der Waals surface area contributed by atoms with Crippen molar-refractivity contribution in [3.8, 4) is 11.8 Å².